The second-order valence-corrected chi connectivity index (χ2v) is 10.4. The van der Waals surface area contributed by atoms with E-state index in [1.54, 1.807) is 42.5 Å². The van der Waals surface area contributed by atoms with E-state index in [2.05, 4.69) is 15.9 Å². The number of rotatable bonds is 8. The van der Waals surface area contributed by atoms with Gasteiger partial charge in [0.05, 0.1) is 28.0 Å². The minimum Gasteiger partial charge on any atom is -0.493 e. The van der Waals surface area contributed by atoms with Gasteiger partial charge in [0.1, 0.15) is 6.61 Å². The molecule has 0 atom stereocenters. The Hall–Kier alpha value is -3.05. The second kappa shape index (κ2) is 11.6. The van der Waals surface area contributed by atoms with Gasteiger partial charge in [-0.3, -0.25) is 24.6 Å². The number of thioether (sulfide) groups is 1. The molecule has 0 aromatic heterocycles. The van der Waals surface area contributed by atoms with Gasteiger partial charge in [0.15, 0.2) is 11.5 Å². The number of amides is 2. The Labute approximate surface area is 234 Å². The van der Waals surface area contributed by atoms with E-state index < -0.39 is 16.1 Å². The number of ether oxygens (including phenoxy) is 2. The van der Waals surface area contributed by atoms with Crippen molar-refractivity contribution < 1.29 is 24.0 Å². The number of para-hydroxylation sites is 1. The molecule has 4 rings (SSSR count). The fourth-order valence-electron chi connectivity index (χ4n) is 3.53. The number of benzene rings is 3. The van der Waals surface area contributed by atoms with E-state index in [1.165, 1.54) is 25.3 Å². The summed E-state index contributed by atoms with van der Waals surface area (Å²) in [5.41, 5.74) is 1.42. The van der Waals surface area contributed by atoms with Crippen LogP contribution >= 0.6 is 50.9 Å². The first-order valence-corrected chi connectivity index (χ1v) is 13.0. The van der Waals surface area contributed by atoms with E-state index >= 15 is 0 Å². The van der Waals surface area contributed by atoms with Crippen LogP contribution in [0.2, 0.25) is 10.0 Å². The molecule has 8 nitrogen and oxygen atoms in total. The average molecular weight is 624 g/mol. The summed E-state index contributed by atoms with van der Waals surface area (Å²) in [5.74, 6) is 0.279. The molecule has 1 saturated heterocycles. The van der Waals surface area contributed by atoms with Crippen molar-refractivity contribution in [1.29, 1.82) is 0 Å². The summed E-state index contributed by atoms with van der Waals surface area (Å²) >= 11 is 16.4. The zero-order valence-electron chi connectivity index (χ0n) is 19.1. The van der Waals surface area contributed by atoms with E-state index in [1.807, 2.05) is 0 Å². The number of methoxy groups -OCH3 is 1. The highest BCUT2D eigenvalue weighted by atomic mass is 79.9. The summed E-state index contributed by atoms with van der Waals surface area (Å²) < 4.78 is 12.0. The number of nitro benzene ring substituents is 1. The third kappa shape index (κ3) is 6.10. The monoisotopic (exact) mass is 622 g/mol. The van der Waals surface area contributed by atoms with Crippen LogP contribution < -0.4 is 9.47 Å². The fourth-order valence-corrected chi connectivity index (χ4v) is 5.41. The molecule has 0 spiro atoms. The molecule has 0 aliphatic carbocycles. The first kappa shape index (κ1) is 27.0. The highest BCUT2D eigenvalue weighted by Gasteiger charge is 2.36. The van der Waals surface area contributed by atoms with Crippen LogP contribution in [-0.2, 0) is 17.9 Å². The van der Waals surface area contributed by atoms with Crippen molar-refractivity contribution in [3.05, 3.63) is 101 Å². The Morgan fingerprint density at radius 1 is 1.11 bits per heavy atom. The summed E-state index contributed by atoms with van der Waals surface area (Å²) in [6.07, 6.45) is 1.55. The summed E-state index contributed by atoms with van der Waals surface area (Å²) in [5, 5.41) is 11.8. The smallest absolute Gasteiger partial charge is 0.293 e. The van der Waals surface area contributed by atoms with Gasteiger partial charge in [-0.1, -0.05) is 47.5 Å². The summed E-state index contributed by atoms with van der Waals surface area (Å²) in [6.45, 7) is -0.0406. The largest absolute Gasteiger partial charge is 0.493 e. The van der Waals surface area contributed by atoms with Gasteiger partial charge in [0, 0.05) is 27.2 Å². The van der Waals surface area contributed by atoms with Gasteiger partial charge in [-0.2, -0.15) is 0 Å². The van der Waals surface area contributed by atoms with Gasteiger partial charge in [-0.05, 0) is 63.6 Å². The number of nitrogens with zero attached hydrogens (tertiary/aromatic N) is 2. The molecule has 0 radical (unpaired) electrons. The van der Waals surface area contributed by atoms with Crippen LogP contribution in [0, 0.1) is 10.1 Å². The minimum atomic E-state index is -0.543. The molecule has 0 saturated carbocycles. The Morgan fingerprint density at radius 2 is 1.86 bits per heavy atom. The fraction of sp³-hybridized carbons (Fsp3) is 0.120. The lowest BCUT2D eigenvalue weighted by atomic mass is 10.1. The maximum absolute atomic E-state index is 13.0. The predicted molar refractivity (Wildman–Crippen MR) is 146 cm³/mol. The Balaban J connectivity index is 1.55. The number of carbonyl (C=O) groups is 2. The molecule has 12 heteroatoms. The van der Waals surface area contributed by atoms with Crippen molar-refractivity contribution in [2.45, 2.75) is 13.2 Å². The van der Waals surface area contributed by atoms with Crippen molar-refractivity contribution in [2.24, 2.45) is 0 Å². The zero-order valence-corrected chi connectivity index (χ0v) is 23.0. The molecule has 190 valence electrons. The predicted octanol–water partition coefficient (Wildman–Crippen LogP) is 7.49. The van der Waals surface area contributed by atoms with Gasteiger partial charge in [0.2, 0.25) is 0 Å². The molecule has 1 heterocycles. The number of hydrogen-bond donors (Lipinski definition) is 0. The van der Waals surface area contributed by atoms with Gasteiger partial charge in [-0.25, -0.2) is 0 Å². The highest BCUT2D eigenvalue weighted by molar-refractivity contribution is 9.10. The second-order valence-electron chi connectivity index (χ2n) is 7.71. The standard InChI is InChI=1S/C25H17BrCl2N2O6S/c1-35-21-9-14(8-18(26)23(21)36-13-16-6-7-17(27)11-19(16)28)10-22-24(31)29(25(32)37-22)12-15-4-2-3-5-20(15)30(33)34/h2-11H,12-13H2,1H3/b22-10-. The molecule has 0 unspecified atom stereocenters. The molecule has 0 N–H and O–H groups in total. The lowest BCUT2D eigenvalue weighted by molar-refractivity contribution is -0.385. The van der Waals surface area contributed by atoms with E-state index in [4.69, 9.17) is 32.7 Å². The number of hydrogen-bond acceptors (Lipinski definition) is 7. The number of halogens is 3. The molecule has 3 aromatic carbocycles. The maximum atomic E-state index is 13.0. The molecule has 37 heavy (non-hydrogen) atoms. The van der Waals surface area contributed by atoms with Gasteiger partial charge < -0.3 is 9.47 Å². The molecule has 1 fully saturated rings. The third-order valence-corrected chi connectivity index (χ3v) is 7.41. The van der Waals surface area contributed by atoms with Gasteiger partial charge >= 0.3 is 0 Å². The van der Waals surface area contributed by atoms with Crippen LogP contribution in [0.15, 0.2) is 64.0 Å². The average Bonchev–Trinajstić information content (AvgIpc) is 3.11. The van der Waals surface area contributed by atoms with Crippen LogP contribution in [0.25, 0.3) is 6.08 Å². The zero-order chi connectivity index (χ0) is 26.7. The first-order valence-electron chi connectivity index (χ1n) is 10.6. The van der Waals surface area contributed by atoms with Crippen molar-refractivity contribution in [3.63, 3.8) is 0 Å². The Bertz CT molecular complexity index is 1450. The molecular weight excluding hydrogens is 607 g/mol. The third-order valence-electron chi connectivity index (χ3n) is 5.33. The quantitative estimate of drug-likeness (QED) is 0.146. The first-order chi connectivity index (χ1) is 17.7. The van der Waals surface area contributed by atoms with Crippen LogP contribution in [-0.4, -0.2) is 28.1 Å². The summed E-state index contributed by atoms with van der Waals surface area (Å²) in [4.78, 5) is 37.5. The Morgan fingerprint density at radius 3 is 2.57 bits per heavy atom. The number of nitro groups is 1. The molecular formula is C25H17BrCl2N2O6S. The maximum Gasteiger partial charge on any atom is 0.293 e. The molecule has 0 bridgehead atoms. The van der Waals surface area contributed by atoms with Gasteiger partial charge in [0.25, 0.3) is 16.8 Å². The Kier molecular flexibility index (Phi) is 8.43. The van der Waals surface area contributed by atoms with Crippen LogP contribution in [0.5, 0.6) is 11.5 Å². The van der Waals surface area contributed by atoms with Crippen molar-refractivity contribution in [3.8, 4) is 11.5 Å². The summed E-state index contributed by atoms with van der Waals surface area (Å²) in [7, 11) is 1.48. The minimum absolute atomic E-state index is 0.158. The SMILES string of the molecule is COc1cc(/C=C2\SC(=O)N(Cc3ccccc3[N+](=O)[O-])C2=O)cc(Br)c1OCc1ccc(Cl)cc1Cl. The molecule has 2 amide bonds. The van der Waals surface area contributed by atoms with E-state index in [9.17, 15) is 19.7 Å². The number of imide groups is 1. The van der Waals surface area contributed by atoms with Crippen LogP contribution in [0.4, 0.5) is 10.5 Å². The molecule has 1 aliphatic rings. The number of carbonyl (C=O) groups excluding carboxylic acids is 2. The topological polar surface area (TPSA) is 99.0 Å². The van der Waals surface area contributed by atoms with E-state index in [-0.39, 0.29) is 29.3 Å². The normalized spacial score (nSPS) is 14.4. The van der Waals surface area contributed by atoms with Gasteiger partial charge in [-0.15, -0.1) is 0 Å². The van der Waals surface area contributed by atoms with Crippen molar-refractivity contribution in [1.82, 2.24) is 4.90 Å². The van der Waals surface area contributed by atoms with Crippen LogP contribution in [0.1, 0.15) is 16.7 Å². The van der Waals surface area contributed by atoms with Crippen molar-refractivity contribution >= 4 is 73.8 Å². The van der Waals surface area contributed by atoms with Crippen LogP contribution in [0.3, 0.4) is 0 Å². The highest BCUT2D eigenvalue weighted by Crippen LogP contribution is 2.40. The molecule has 3 aromatic rings. The van der Waals surface area contributed by atoms with Crippen molar-refractivity contribution in [2.75, 3.05) is 7.11 Å². The summed E-state index contributed by atoms with van der Waals surface area (Å²) in [6, 6.07) is 14.5. The molecule has 1 aliphatic heterocycles. The lowest BCUT2D eigenvalue weighted by Gasteiger charge is -2.14. The lowest BCUT2D eigenvalue weighted by Crippen LogP contribution is -2.27. The van der Waals surface area contributed by atoms with E-state index in [0.29, 0.717) is 31.6 Å². The van der Waals surface area contributed by atoms with E-state index in [0.717, 1.165) is 22.2 Å².